The number of para-hydroxylation sites is 1. The number of aromatic amines is 1. The molecule has 0 atom stereocenters. The van der Waals surface area contributed by atoms with E-state index in [9.17, 15) is 23.3 Å². The minimum Gasteiger partial charge on any atom is -0.361 e. The van der Waals surface area contributed by atoms with Gasteiger partial charge in [-0.1, -0.05) is 24.3 Å². The van der Waals surface area contributed by atoms with Crippen LogP contribution in [0.3, 0.4) is 0 Å². The number of hydrogen-bond acceptors (Lipinski definition) is 5. The van der Waals surface area contributed by atoms with Crippen molar-refractivity contribution in [3.05, 3.63) is 69.9 Å². The highest BCUT2D eigenvalue weighted by Crippen LogP contribution is 2.26. The fraction of sp³-hybridized carbons (Fsp3) is 0.286. The summed E-state index contributed by atoms with van der Waals surface area (Å²) in [7, 11) is -3.89. The van der Waals surface area contributed by atoms with Gasteiger partial charge in [0.25, 0.3) is 5.69 Å². The van der Waals surface area contributed by atoms with E-state index < -0.39 is 14.9 Å². The van der Waals surface area contributed by atoms with E-state index in [1.165, 1.54) is 16.4 Å². The molecule has 0 radical (unpaired) electrons. The smallest absolute Gasteiger partial charge is 0.270 e. The maximum Gasteiger partial charge on any atom is 0.270 e. The summed E-state index contributed by atoms with van der Waals surface area (Å²) in [4.78, 5) is 28.0. The van der Waals surface area contributed by atoms with Crippen LogP contribution in [0.1, 0.15) is 11.1 Å². The van der Waals surface area contributed by atoms with E-state index in [-0.39, 0.29) is 49.1 Å². The van der Waals surface area contributed by atoms with Crippen LogP contribution in [-0.2, 0) is 21.2 Å². The molecule has 2 aromatic carbocycles. The first-order valence-corrected chi connectivity index (χ1v) is 11.3. The van der Waals surface area contributed by atoms with E-state index in [1.54, 1.807) is 11.8 Å². The maximum atomic E-state index is 13.1. The number of benzene rings is 2. The van der Waals surface area contributed by atoms with Crippen LogP contribution in [0.2, 0.25) is 0 Å². The minimum absolute atomic E-state index is 0.0617. The van der Waals surface area contributed by atoms with Crippen molar-refractivity contribution in [2.45, 2.75) is 18.2 Å². The van der Waals surface area contributed by atoms with Gasteiger partial charge in [-0.3, -0.25) is 14.9 Å². The molecule has 1 aliphatic heterocycles. The van der Waals surface area contributed by atoms with Crippen LogP contribution >= 0.6 is 0 Å². The number of nitrogens with zero attached hydrogens (tertiary/aromatic N) is 3. The number of H-pyrrole nitrogens is 1. The predicted octanol–water partition coefficient (Wildman–Crippen LogP) is 2.46. The third-order valence-corrected chi connectivity index (χ3v) is 7.65. The number of carbonyl (C=O) groups is 1. The molecule has 0 spiro atoms. The SMILES string of the molecule is Cc1ccc([N+](=O)[O-])cc1S(=O)(=O)N1CCN(C(=O)Cc2c[nH]c3ccccc23)CC1. The normalized spacial score (nSPS) is 15.3. The molecule has 0 bridgehead atoms. The molecule has 1 aromatic heterocycles. The Labute approximate surface area is 179 Å². The first-order chi connectivity index (χ1) is 14.8. The fourth-order valence-electron chi connectivity index (χ4n) is 3.85. The van der Waals surface area contributed by atoms with Crippen LogP contribution in [0.4, 0.5) is 5.69 Å². The second kappa shape index (κ2) is 8.12. The number of aromatic nitrogens is 1. The second-order valence-electron chi connectivity index (χ2n) is 7.53. The number of rotatable bonds is 5. The van der Waals surface area contributed by atoms with Crippen LogP contribution < -0.4 is 0 Å². The first kappa shape index (κ1) is 21.0. The van der Waals surface area contributed by atoms with Crippen molar-refractivity contribution in [3.8, 4) is 0 Å². The Balaban J connectivity index is 1.45. The Kier molecular flexibility index (Phi) is 5.50. The van der Waals surface area contributed by atoms with Gasteiger partial charge in [0.15, 0.2) is 0 Å². The van der Waals surface area contributed by atoms with Crippen molar-refractivity contribution in [2.75, 3.05) is 26.2 Å². The number of amides is 1. The highest BCUT2D eigenvalue weighted by Gasteiger charge is 2.32. The number of carbonyl (C=O) groups excluding carboxylic acids is 1. The van der Waals surface area contributed by atoms with E-state index >= 15 is 0 Å². The molecular weight excluding hydrogens is 420 g/mol. The number of nitro groups is 1. The number of sulfonamides is 1. The summed E-state index contributed by atoms with van der Waals surface area (Å²) in [5.74, 6) is -0.0617. The van der Waals surface area contributed by atoms with Gasteiger partial charge in [0.2, 0.25) is 15.9 Å². The van der Waals surface area contributed by atoms with Gasteiger partial charge >= 0.3 is 0 Å². The predicted molar refractivity (Wildman–Crippen MR) is 115 cm³/mol. The summed E-state index contributed by atoms with van der Waals surface area (Å²) in [6.45, 7) is 2.44. The molecule has 0 saturated carbocycles. The summed E-state index contributed by atoms with van der Waals surface area (Å²) in [5.41, 5.74) is 2.05. The van der Waals surface area contributed by atoms with Crippen LogP contribution in [0.25, 0.3) is 10.9 Å². The molecule has 1 N–H and O–H groups in total. The zero-order chi connectivity index (χ0) is 22.2. The van der Waals surface area contributed by atoms with Crippen molar-refractivity contribution in [3.63, 3.8) is 0 Å². The highest BCUT2D eigenvalue weighted by atomic mass is 32.2. The topological polar surface area (TPSA) is 117 Å². The summed E-state index contributed by atoms with van der Waals surface area (Å²) >= 11 is 0. The number of non-ortho nitro benzene ring substituents is 1. The Morgan fingerprint density at radius 2 is 1.84 bits per heavy atom. The van der Waals surface area contributed by atoms with E-state index in [0.717, 1.165) is 22.5 Å². The Morgan fingerprint density at radius 3 is 2.55 bits per heavy atom. The van der Waals surface area contributed by atoms with Gasteiger partial charge in [-0.2, -0.15) is 4.31 Å². The molecule has 2 heterocycles. The third kappa shape index (κ3) is 4.04. The zero-order valence-electron chi connectivity index (χ0n) is 16.9. The van der Waals surface area contributed by atoms with Crippen LogP contribution in [0.15, 0.2) is 53.6 Å². The van der Waals surface area contributed by atoms with E-state index in [2.05, 4.69) is 4.98 Å². The van der Waals surface area contributed by atoms with Crippen molar-refractivity contribution in [2.24, 2.45) is 0 Å². The molecule has 1 aliphatic rings. The molecule has 3 aromatic rings. The standard InChI is InChI=1S/C21H22N4O5S/c1-15-6-7-17(25(27)28)13-20(15)31(29,30)24-10-8-23(9-11-24)21(26)12-16-14-22-19-5-3-2-4-18(16)19/h2-7,13-14,22H,8-12H2,1H3. The number of piperazine rings is 1. The number of aryl methyl sites for hydroxylation is 1. The zero-order valence-corrected chi connectivity index (χ0v) is 17.8. The lowest BCUT2D eigenvalue weighted by molar-refractivity contribution is -0.385. The number of nitro benzene ring substituents is 1. The van der Waals surface area contributed by atoms with Gasteiger partial charge in [0.05, 0.1) is 16.2 Å². The van der Waals surface area contributed by atoms with E-state index in [1.807, 2.05) is 30.5 Å². The molecule has 31 heavy (non-hydrogen) atoms. The molecule has 10 heteroatoms. The largest absolute Gasteiger partial charge is 0.361 e. The molecular formula is C21H22N4O5S. The molecule has 1 saturated heterocycles. The Bertz CT molecular complexity index is 1260. The van der Waals surface area contributed by atoms with Crippen molar-refractivity contribution in [1.82, 2.24) is 14.2 Å². The molecule has 0 unspecified atom stereocenters. The highest BCUT2D eigenvalue weighted by molar-refractivity contribution is 7.89. The first-order valence-electron chi connectivity index (χ1n) is 9.85. The Hall–Kier alpha value is -3.24. The fourth-order valence-corrected chi connectivity index (χ4v) is 5.52. The Morgan fingerprint density at radius 1 is 1.13 bits per heavy atom. The van der Waals surface area contributed by atoms with Gasteiger partial charge in [-0.25, -0.2) is 8.42 Å². The molecule has 0 aliphatic carbocycles. The summed E-state index contributed by atoms with van der Waals surface area (Å²) in [6.07, 6.45) is 2.06. The lowest BCUT2D eigenvalue weighted by Gasteiger charge is -2.34. The monoisotopic (exact) mass is 442 g/mol. The molecule has 162 valence electrons. The molecule has 1 amide bonds. The summed E-state index contributed by atoms with van der Waals surface area (Å²) < 4.78 is 27.4. The van der Waals surface area contributed by atoms with Crippen molar-refractivity contribution in [1.29, 1.82) is 0 Å². The van der Waals surface area contributed by atoms with Gasteiger partial charge in [-0.05, 0) is 24.1 Å². The van der Waals surface area contributed by atoms with Crippen molar-refractivity contribution < 1.29 is 18.1 Å². The lowest BCUT2D eigenvalue weighted by atomic mass is 10.1. The molecule has 1 fully saturated rings. The second-order valence-corrected chi connectivity index (χ2v) is 9.43. The average molecular weight is 442 g/mol. The quantitative estimate of drug-likeness (QED) is 0.481. The van der Waals surface area contributed by atoms with E-state index in [4.69, 9.17) is 0 Å². The lowest BCUT2D eigenvalue weighted by Crippen LogP contribution is -2.50. The van der Waals surface area contributed by atoms with Crippen LogP contribution in [0, 0.1) is 17.0 Å². The number of nitrogens with one attached hydrogen (secondary N) is 1. The molecule has 9 nitrogen and oxygen atoms in total. The van der Waals surface area contributed by atoms with Gasteiger partial charge in [0.1, 0.15) is 0 Å². The summed E-state index contributed by atoms with van der Waals surface area (Å²) in [6, 6.07) is 11.6. The van der Waals surface area contributed by atoms with Crippen LogP contribution in [0.5, 0.6) is 0 Å². The average Bonchev–Trinajstić information content (AvgIpc) is 3.16. The summed E-state index contributed by atoms with van der Waals surface area (Å²) in [5, 5.41) is 12.0. The van der Waals surface area contributed by atoms with Crippen molar-refractivity contribution >= 4 is 32.5 Å². The number of hydrogen-bond donors (Lipinski definition) is 1. The molecule has 4 rings (SSSR count). The van der Waals surface area contributed by atoms with Gasteiger partial charge in [-0.15, -0.1) is 0 Å². The van der Waals surface area contributed by atoms with E-state index in [0.29, 0.717) is 5.56 Å². The minimum atomic E-state index is -3.89. The van der Waals surface area contributed by atoms with Crippen LogP contribution in [-0.4, -0.2) is 59.6 Å². The van der Waals surface area contributed by atoms with Gasteiger partial charge in [0, 0.05) is 55.4 Å². The third-order valence-electron chi connectivity index (χ3n) is 5.61. The maximum absolute atomic E-state index is 13.1. The number of fused-ring (bicyclic) bond motifs is 1. The van der Waals surface area contributed by atoms with Gasteiger partial charge < -0.3 is 9.88 Å².